The molecule has 0 aromatic carbocycles. The van der Waals surface area contributed by atoms with Crippen LogP contribution in [0.5, 0.6) is 0 Å². The molecule has 2 bridgehead atoms. The van der Waals surface area contributed by atoms with E-state index in [0.29, 0.717) is 31.6 Å². The summed E-state index contributed by atoms with van der Waals surface area (Å²) in [4.78, 5) is 56.1. The van der Waals surface area contributed by atoms with Crippen LogP contribution in [0.3, 0.4) is 0 Å². The molecule has 3 atom stereocenters. The number of nitrogens with one attached hydrogen (secondary N) is 1. The lowest BCUT2D eigenvalue weighted by Crippen LogP contribution is -2.79. The van der Waals surface area contributed by atoms with E-state index in [0.717, 1.165) is 37.9 Å². The average molecular weight is 527 g/mol. The van der Waals surface area contributed by atoms with Crippen molar-refractivity contribution >= 4 is 23.6 Å². The molecule has 4 saturated carbocycles. The van der Waals surface area contributed by atoms with E-state index in [1.165, 1.54) is 4.90 Å². The number of β-amino-alcohol motifs (C(OH)–C–C–N with tert-alkyl or cyclic N) is 1. The Morgan fingerprint density at radius 3 is 2.50 bits per heavy atom. The van der Waals surface area contributed by atoms with Gasteiger partial charge in [0.05, 0.1) is 17.2 Å². The minimum atomic E-state index is -0.942. The molecule has 11 nitrogen and oxygen atoms in total. The molecule has 11 heteroatoms. The molecule has 6 fully saturated rings. The van der Waals surface area contributed by atoms with Gasteiger partial charge in [-0.2, -0.15) is 0 Å². The number of nitrogens with zero attached hydrogens (tertiary/aromatic N) is 5. The fraction of sp³-hybridized carbons (Fsp3) is 0.778. The molecule has 0 unspecified atom stereocenters. The van der Waals surface area contributed by atoms with Crippen LogP contribution in [0.2, 0.25) is 0 Å². The molecule has 4 aliphatic carbocycles. The number of hydrogen-bond donors (Lipinski definition) is 2. The van der Waals surface area contributed by atoms with E-state index in [4.69, 9.17) is 0 Å². The van der Waals surface area contributed by atoms with Crippen molar-refractivity contribution in [2.45, 2.75) is 108 Å². The first-order valence-electron chi connectivity index (χ1n) is 14.0. The number of aliphatic hydroxyl groups is 1. The van der Waals surface area contributed by atoms with Crippen LogP contribution < -0.4 is 5.32 Å². The Bertz CT molecular complexity index is 1160. The van der Waals surface area contributed by atoms with Gasteiger partial charge in [-0.05, 0) is 50.4 Å². The van der Waals surface area contributed by atoms with Crippen LogP contribution in [0.4, 0.5) is 0 Å². The number of rotatable bonds is 6. The minimum Gasteiger partial charge on any atom is -0.391 e. The molecule has 38 heavy (non-hydrogen) atoms. The van der Waals surface area contributed by atoms with Crippen molar-refractivity contribution < 1.29 is 24.3 Å². The molecule has 2 saturated heterocycles. The van der Waals surface area contributed by atoms with E-state index in [2.05, 4.69) is 15.6 Å². The molecule has 0 radical (unpaired) electrons. The summed E-state index contributed by atoms with van der Waals surface area (Å²) in [6.45, 7) is 6.57. The van der Waals surface area contributed by atoms with Crippen molar-refractivity contribution in [1.82, 2.24) is 30.1 Å². The van der Waals surface area contributed by atoms with Gasteiger partial charge >= 0.3 is 0 Å². The van der Waals surface area contributed by atoms with Crippen LogP contribution in [-0.4, -0.2) is 84.3 Å². The summed E-state index contributed by atoms with van der Waals surface area (Å²) in [5, 5.41) is 21.5. The molecule has 6 aliphatic rings. The van der Waals surface area contributed by atoms with E-state index in [9.17, 15) is 24.3 Å². The van der Waals surface area contributed by atoms with Crippen molar-refractivity contribution in [2.75, 3.05) is 13.1 Å². The smallest absolute Gasteiger partial charge is 0.249 e. The Morgan fingerprint density at radius 1 is 1.16 bits per heavy atom. The summed E-state index contributed by atoms with van der Waals surface area (Å²) in [6, 6.07) is -1.65. The number of likely N-dealkylation sites (tertiary alicyclic amines) is 2. The molecule has 1 aromatic rings. The maximum atomic E-state index is 13.9. The van der Waals surface area contributed by atoms with Crippen molar-refractivity contribution in [3.63, 3.8) is 0 Å². The second-order valence-corrected chi connectivity index (χ2v) is 13.4. The Hall–Kier alpha value is -2.82. The van der Waals surface area contributed by atoms with Crippen LogP contribution in [0.25, 0.3) is 0 Å². The van der Waals surface area contributed by atoms with E-state index < -0.39 is 34.9 Å². The zero-order chi connectivity index (χ0) is 27.0. The summed E-state index contributed by atoms with van der Waals surface area (Å²) in [7, 11) is 0. The van der Waals surface area contributed by atoms with E-state index in [-0.39, 0.29) is 36.2 Å². The molecular formula is C27H38N6O5. The Labute approximate surface area is 222 Å². The van der Waals surface area contributed by atoms with Gasteiger partial charge in [0.1, 0.15) is 12.1 Å². The zero-order valence-corrected chi connectivity index (χ0v) is 22.5. The van der Waals surface area contributed by atoms with Crippen molar-refractivity contribution in [2.24, 2.45) is 10.8 Å². The zero-order valence-electron chi connectivity index (χ0n) is 22.5. The van der Waals surface area contributed by atoms with E-state index >= 15 is 0 Å². The second-order valence-electron chi connectivity index (χ2n) is 13.4. The number of hydrogen-bond acceptors (Lipinski definition) is 7. The lowest BCUT2D eigenvalue weighted by Gasteiger charge is -2.72. The van der Waals surface area contributed by atoms with Crippen LogP contribution >= 0.6 is 0 Å². The number of carbonyl (C=O) groups excluding carboxylic acids is 4. The number of amides is 4. The first kappa shape index (κ1) is 25.5. The highest BCUT2D eigenvalue weighted by molar-refractivity contribution is 6.03. The predicted octanol–water partition coefficient (Wildman–Crippen LogP) is 1.28. The average Bonchev–Trinajstić information content (AvgIpc) is 3.39. The van der Waals surface area contributed by atoms with Gasteiger partial charge in [-0.1, -0.05) is 26.0 Å². The maximum absolute atomic E-state index is 13.9. The number of carbonyl (C=O) groups is 4. The molecule has 1 aromatic heterocycles. The van der Waals surface area contributed by atoms with Gasteiger partial charge in [-0.25, -0.2) is 4.68 Å². The highest BCUT2D eigenvalue weighted by Gasteiger charge is 2.74. The van der Waals surface area contributed by atoms with Crippen LogP contribution in [0, 0.1) is 10.8 Å². The third-order valence-corrected chi connectivity index (χ3v) is 9.32. The molecular weight excluding hydrogens is 488 g/mol. The summed E-state index contributed by atoms with van der Waals surface area (Å²) in [5.74, 6) is -0.651. The third kappa shape index (κ3) is 4.04. The van der Waals surface area contributed by atoms with Gasteiger partial charge in [0.15, 0.2) is 0 Å². The molecule has 206 valence electrons. The number of piperidine rings is 1. The lowest BCUT2D eigenvalue weighted by atomic mass is 9.38. The monoisotopic (exact) mass is 526 g/mol. The topological polar surface area (TPSA) is 138 Å². The Balaban J connectivity index is 1.13. The second kappa shape index (κ2) is 8.59. The van der Waals surface area contributed by atoms with Crippen LogP contribution in [-0.2, 0) is 19.2 Å². The van der Waals surface area contributed by atoms with Crippen molar-refractivity contribution in [1.29, 1.82) is 0 Å². The quantitative estimate of drug-likeness (QED) is 0.533. The lowest BCUT2D eigenvalue weighted by molar-refractivity contribution is -0.221. The molecule has 3 heterocycles. The van der Waals surface area contributed by atoms with E-state index in [1.54, 1.807) is 4.68 Å². The first-order valence-corrected chi connectivity index (χ1v) is 14.0. The van der Waals surface area contributed by atoms with Crippen molar-refractivity contribution in [3.8, 4) is 0 Å². The molecule has 2 N–H and O–H groups in total. The van der Waals surface area contributed by atoms with E-state index in [1.807, 2.05) is 31.9 Å². The van der Waals surface area contributed by atoms with Crippen molar-refractivity contribution in [3.05, 3.63) is 11.9 Å². The number of aromatic nitrogens is 3. The SMILES string of the molecule is CC(C)(C)[C@@H](C(=O)N1C[C@H](O)C[C@H]1C(=O)NC(=O)C12CC(N3CCCCC3=O)(C1)C2)n1cc(C2CC2)nn1. The molecule has 7 rings (SSSR count). The summed E-state index contributed by atoms with van der Waals surface area (Å²) in [6.07, 6.45) is 7.41. The molecule has 0 spiro atoms. The largest absolute Gasteiger partial charge is 0.391 e. The van der Waals surface area contributed by atoms with Gasteiger partial charge in [-0.15, -0.1) is 5.10 Å². The van der Waals surface area contributed by atoms with Gasteiger partial charge in [0, 0.05) is 43.6 Å². The number of aliphatic hydroxyl groups excluding tert-OH is 1. The summed E-state index contributed by atoms with van der Waals surface area (Å²) >= 11 is 0. The highest BCUT2D eigenvalue weighted by atomic mass is 16.3. The minimum absolute atomic E-state index is 0.0210. The van der Waals surface area contributed by atoms with Crippen LogP contribution in [0.15, 0.2) is 6.20 Å². The fourth-order valence-corrected chi connectivity index (χ4v) is 7.22. The molecule has 4 amide bonds. The molecule has 2 aliphatic heterocycles. The Morgan fingerprint density at radius 2 is 1.87 bits per heavy atom. The fourth-order valence-electron chi connectivity index (χ4n) is 7.22. The van der Waals surface area contributed by atoms with Gasteiger partial charge in [-0.3, -0.25) is 24.5 Å². The normalized spacial score (nSPS) is 33.4. The number of imide groups is 1. The van der Waals surface area contributed by atoms with Gasteiger partial charge in [0.25, 0.3) is 0 Å². The highest BCUT2D eigenvalue weighted by Crippen LogP contribution is 2.70. The predicted molar refractivity (Wildman–Crippen MR) is 134 cm³/mol. The van der Waals surface area contributed by atoms with Gasteiger partial charge in [0.2, 0.25) is 23.6 Å². The summed E-state index contributed by atoms with van der Waals surface area (Å²) in [5.41, 5.74) is -0.494. The third-order valence-electron chi connectivity index (χ3n) is 9.32. The first-order chi connectivity index (χ1) is 17.9. The van der Waals surface area contributed by atoms with Gasteiger partial charge < -0.3 is 14.9 Å². The maximum Gasteiger partial charge on any atom is 0.249 e. The van der Waals surface area contributed by atoms with Crippen LogP contribution in [0.1, 0.15) is 96.2 Å². The standard InChI is InChI=1S/C27H38N6O5/c1-25(2,3)21(33-12-18(29-30-33)16-7-8-16)23(37)31-11-17(34)10-19(31)22(36)28-24(38)26-13-27(14-26,15-26)32-9-5-4-6-20(32)35/h12,16-17,19,21,34H,4-11,13-15H2,1-3H3,(H,28,36,38)/t17-,19+,21-,26?,27?/m1/s1. The summed E-state index contributed by atoms with van der Waals surface area (Å²) < 4.78 is 1.59. The Kier molecular flexibility index (Phi) is 5.76.